The number of benzene rings is 3. The first kappa shape index (κ1) is 23.1. The van der Waals surface area contributed by atoms with E-state index in [1.54, 1.807) is 14.0 Å². The van der Waals surface area contributed by atoms with Gasteiger partial charge in [-0.05, 0) is 47.2 Å². The van der Waals surface area contributed by atoms with Crippen molar-refractivity contribution in [3.05, 3.63) is 90.0 Å². The molecule has 2 atom stereocenters. The molecule has 0 aliphatic carbocycles. The molecule has 3 rings (SSSR count). The summed E-state index contributed by atoms with van der Waals surface area (Å²) in [5.74, 6) is -0.858. The van der Waals surface area contributed by atoms with Crippen molar-refractivity contribution in [1.82, 2.24) is 5.32 Å². The fourth-order valence-electron chi connectivity index (χ4n) is 3.72. The SMILES string of the molecule is COc1cccc(CC(=O)NC(Cc2ccc(-c3ccccc3)cc2)C[C@@H](C)C(=O)O)c1. The smallest absolute Gasteiger partial charge is 0.306 e. The molecule has 3 aromatic carbocycles. The number of carbonyl (C=O) groups excluding carboxylic acids is 1. The van der Waals surface area contributed by atoms with Crippen molar-refractivity contribution in [1.29, 1.82) is 0 Å². The van der Waals surface area contributed by atoms with Crippen LogP contribution in [0.25, 0.3) is 11.1 Å². The molecule has 0 spiro atoms. The van der Waals surface area contributed by atoms with E-state index in [9.17, 15) is 14.7 Å². The zero-order chi connectivity index (χ0) is 22.9. The molecule has 0 aliphatic rings. The Bertz CT molecular complexity index is 1030. The molecule has 2 N–H and O–H groups in total. The summed E-state index contributed by atoms with van der Waals surface area (Å²) in [5, 5.41) is 12.4. The fraction of sp³-hybridized carbons (Fsp3) is 0.259. The maximum atomic E-state index is 12.7. The van der Waals surface area contributed by atoms with Crippen LogP contribution in [-0.4, -0.2) is 30.1 Å². The molecule has 0 fully saturated rings. The molecule has 0 saturated carbocycles. The standard InChI is InChI=1S/C27H29NO4/c1-19(27(30)31)15-24(28-26(29)18-21-7-6-10-25(17-21)32-2)16-20-11-13-23(14-12-20)22-8-4-3-5-9-22/h3-14,17,19,24H,15-16,18H2,1-2H3,(H,28,29)(H,30,31)/t19-,24?/m1/s1. The maximum absolute atomic E-state index is 12.7. The van der Waals surface area contributed by atoms with Gasteiger partial charge in [-0.15, -0.1) is 0 Å². The van der Waals surface area contributed by atoms with Crippen LogP contribution in [0.1, 0.15) is 24.5 Å². The molecule has 32 heavy (non-hydrogen) atoms. The van der Waals surface area contributed by atoms with Gasteiger partial charge in [0.25, 0.3) is 0 Å². The molecule has 0 aromatic heterocycles. The van der Waals surface area contributed by atoms with Crippen LogP contribution in [0.3, 0.4) is 0 Å². The second-order valence-corrected chi connectivity index (χ2v) is 8.03. The van der Waals surface area contributed by atoms with Gasteiger partial charge in [0.2, 0.25) is 5.91 Å². The van der Waals surface area contributed by atoms with Gasteiger partial charge in [-0.1, -0.05) is 73.7 Å². The molecule has 166 valence electrons. The van der Waals surface area contributed by atoms with Crippen molar-refractivity contribution in [2.45, 2.75) is 32.2 Å². The van der Waals surface area contributed by atoms with Gasteiger partial charge in [-0.25, -0.2) is 0 Å². The number of carbonyl (C=O) groups is 2. The summed E-state index contributed by atoms with van der Waals surface area (Å²) < 4.78 is 5.22. The average Bonchev–Trinajstić information content (AvgIpc) is 2.80. The van der Waals surface area contributed by atoms with Gasteiger partial charge in [0.1, 0.15) is 5.75 Å². The van der Waals surface area contributed by atoms with Crippen molar-refractivity contribution >= 4 is 11.9 Å². The summed E-state index contributed by atoms with van der Waals surface area (Å²) in [6, 6.07) is 25.4. The highest BCUT2D eigenvalue weighted by Crippen LogP contribution is 2.21. The minimum absolute atomic E-state index is 0.137. The number of rotatable bonds is 10. The summed E-state index contributed by atoms with van der Waals surface area (Å²) in [5.41, 5.74) is 4.15. The van der Waals surface area contributed by atoms with Gasteiger partial charge in [0, 0.05) is 6.04 Å². The minimum Gasteiger partial charge on any atom is -0.497 e. The Balaban J connectivity index is 1.69. The highest BCUT2D eigenvalue weighted by atomic mass is 16.5. The second-order valence-electron chi connectivity index (χ2n) is 8.03. The van der Waals surface area contributed by atoms with Gasteiger partial charge in [-0.3, -0.25) is 9.59 Å². The van der Waals surface area contributed by atoms with Crippen molar-refractivity contribution in [3.63, 3.8) is 0 Å². The monoisotopic (exact) mass is 431 g/mol. The van der Waals surface area contributed by atoms with Gasteiger partial charge in [-0.2, -0.15) is 0 Å². The largest absolute Gasteiger partial charge is 0.497 e. The zero-order valence-electron chi connectivity index (χ0n) is 18.5. The van der Waals surface area contributed by atoms with Gasteiger partial charge < -0.3 is 15.2 Å². The summed E-state index contributed by atoms with van der Waals surface area (Å²) in [6.45, 7) is 1.67. The normalized spacial score (nSPS) is 12.6. The highest BCUT2D eigenvalue weighted by Gasteiger charge is 2.21. The summed E-state index contributed by atoms with van der Waals surface area (Å²) in [4.78, 5) is 24.1. The summed E-state index contributed by atoms with van der Waals surface area (Å²) in [7, 11) is 1.59. The van der Waals surface area contributed by atoms with E-state index in [1.165, 1.54) is 0 Å². The lowest BCUT2D eigenvalue weighted by atomic mass is 9.94. The lowest BCUT2D eigenvalue weighted by Crippen LogP contribution is -2.39. The van der Waals surface area contributed by atoms with Crippen LogP contribution in [0.2, 0.25) is 0 Å². The number of hydrogen-bond acceptors (Lipinski definition) is 3. The number of methoxy groups -OCH3 is 1. The van der Waals surface area contributed by atoms with Crippen LogP contribution in [-0.2, 0) is 22.4 Å². The first-order chi connectivity index (χ1) is 15.4. The number of carboxylic acid groups (broad SMARTS) is 1. The lowest BCUT2D eigenvalue weighted by Gasteiger charge is -2.21. The predicted octanol–water partition coefficient (Wildman–Crippen LogP) is 4.74. The average molecular weight is 432 g/mol. The van der Waals surface area contributed by atoms with Gasteiger partial charge >= 0.3 is 5.97 Å². The quantitative estimate of drug-likeness (QED) is 0.486. The van der Waals surface area contributed by atoms with Crippen molar-refractivity contribution in [2.75, 3.05) is 7.11 Å². The molecular weight excluding hydrogens is 402 g/mol. The van der Waals surface area contributed by atoms with E-state index < -0.39 is 11.9 Å². The molecule has 5 nitrogen and oxygen atoms in total. The summed E-state index contributed by atoms with van der Waals surface area (Å²) >= 11 is 0. The second kappa shape index (κ2) is 11.1. The molecule has 3 aromatic rings. The third kappa shape index (κ3) is 6.71. The highest BCUT2D eigenvalue weighted by molar-refractivity contribution is 5.79. The van der Waals surface area contributed by atoms with Crippen molar-refractivity contribution < 1.29 is 19.4 Å². The first-order valence-electron chi connectivity index (χ1n) is 10.7. The molecule has 5 heteroatoms. The lowest BCUT2D eigenvalue weighted by molar-refractivity contribution is -0.141. The molecule has 1 amide bonds. The first-order valence-corrected chi connectivity index (χ1v) is 10.7. The van der Waals surface area contributed by atoms with Crippen LogP contribution in [0.4, 0.5) is 0 Å². The Kier molecular flexibility index (Phi) is 8.03. The van der Waals surface area contributed by atoms with E-state index in [0.717, 1.165) is 22.3 Å². The Morgan fingerprint density at radius 3 is 2.25 bits per heavy atom. The number of carboxylic acids is 1. The topological polar surface area (TPSA) is 75.6 Å². The van der Waals surface area contributed by atoms with Crippen LogP contribution in [0, 0.1) is 5.92 Å². The maximum Gasteiger partial charge on any atom is 0.306 e. The van der Waals surface area contributed by atoms with Crippen LogP contribution in [0.5, 0.6) is 5.75 Å². The number of ether oxygens (including phenoxy) is 1. The predicted molar refractivity (Wildman–Crippen MR) is 126 cm³/mol. The fourth-order valence-corrected chi connectivity index (χ4v) is 3.72. The molecule has 0 bridgehead atoms. The van der Waals surface area contributed by atoms with E-state index in [2.05, 4.69) is 29.6 Å². The molecule has 0 saturated heterocycles. The Labute approximate surface area is 189 Å². The van der Waals surface area contributed by atoms with Crippen LogP contribution >= 0.6 is 0 Å². The van der Waals surface area contributed by atoms with Crippen LogP contribution < -0.4 is 10.1 Å². The van der Waals surface area contributed by atoms with E-state index >= 15 is 0 Å². The van der Waals surface area contributed by atoms with Crippen molar-refractivity contribution in [2.24, 2.45) is 5.92 Å². The Morgan fingerprint density at radius 1 is 0.906 bits per heavy atom. The summed E-state index contributed by atoms with van der Waals surface area (Å²) in [6.07, 6.45) is 1.14. The molecule has 1 unspecified atom stereocenters. The molecular formula is C27H29NO4. The van der Waals surface area contributed by atoms with Crippen LogP contribution in [0.15, 0.2) is 78.9 Å². The van der Waals surface area contributed by atoms with E-state index in [-0.39, 0.29) is 18.4 Å². The van der Waals surface area contributed by atoms with Gasteiger partial charge in [0.15, 0.2) is 0 Å². The molecule has 0 radical (unpaired) electrons. The van der Waals surface area contributed by atoms with E-state index in [4.69, 9.17) is 4.74 Å². The number of nitrogens with one attached hydrogen (secondary N) is 1. The zero-order valence-corrected chi connectivity index (χ0v) is 18.5. The molecule has 0 heterocycles. The van der Waals surface area contributed by atoms with Gasteiger partial charge in [0.05, 0.1) is 19.4 Å². The van der Waals surface area contributed by atoms with Crippen molar-refractivity contribution in [3.8, 4) is 16.9 Å². The van der Waals surface area contributed by atoms with E-state index in [0.29, 0.717) is 18.6 Å². The van der Waals surface area contributed by atoms with E-state index in [1.807, 2.05) is 54.6 Å². The number of hydrogen-bond donors (Lipinski definition) is 2. The number of aliphatic carboxylic acids is 1. The third-order valence-electron chi connectivity index (χ3n) is 5.47. The number of amides is 1. The Morgan fingerprint density at radius 2 is 1.59 bits per heavy atom. The third-order valence-corrected chi connectivity index (χ3v) is 5.47. The Hall–Kier alpha value is -3.60. The minimum atomic E-state index is -0.864. The molecule has 0 aliphatic heterocycles.